The summed E-state index contributed by atoms with van der Waals surface area (Å²) in [7, 11) is 2.01. The SMILES string of the molecule is CCC(CSC)N(C)c1cc2c(cc1Cl)C(O)C(=O)N2. The van der Waals surface area contributed by atoms with Crippen LogP contribution >= 0.6 is 23.4 Å². The van der Waals surface area contributed by atoms with E-state index >= 15 is 0 Å². The predicted octanol–water partition coefficient (Wildman–Crippen LogP) is 2.90. The molecule has 2 atom stereocenters. The van der Waals surface area contributed by atoms with E-state index in [0.717, 1.165) is 17.9 Å². The lowest BCUT2D eigenvalue weighted by Gasteiger charge is -2.30. The molecule has 1 aromatic carbocycles. The van der Waals surface area contributed by atoms with Crippen molar-refractivity contribution in [3.05, 3.63) is 22.7 Å². The number of hydrogen-bond donors (Lipinski definition) is 2. The zero-order chi connectivity index (χ0) is 14.9. The molecule has 4 nitrogen and oxygen atoms in total. The van der Waals surface area contributed by atoms with E-state index in [2.05, 4.69) is 23.4 Å². The maximum Gasteiger partial charge on any atom is 0.257 e. The second kappa shape index (κ2) is 6.24. The van der Waals surface area contributed by atoms with Crippen LogP contribution in [0.2, 0.25) is 5.02 Å². The lowest BCUT2D eigenvalue weighted by molar-refractivity contribution is -0.123. The van der Waals surface area contributed by atoms with Crippen LogP contribution in [-0.2, 0) is 4.79 Å². The minimum absolute atomic E-state index is 0.377. The van der Waals surface area contributed by atoms with E-state index in [9.17, 15) is 9.90 Å². The molecule has 0 radical (unpaired) electrons. The minimum Gasteiger partial charge on any atom is -0.378 e. The number of rotatable bonds is 5. The number of aliphatic hydroxyl groups excluding tert-OH is 1. The van der Waals surface area contributed by atoms with Crippen molar-refractivity contribution in [2.24, 2.45) is 0 Å². The number of halogens is 1. The average Bonchev–Trinajstić information content (AvgIpc) is 2.70. The third-order valence-corrected chi connectivity index (χ3v) is 4.70. The molecule has 0 saturated heterocycles. The summed E-state index contributed by atoms with van der Waals surface area (Å²) in [5.74, 6) is 0.613. The number of carbonyl (C=O) groups is 1. The molecule has 0 spiro atoms. The Morgan fingerprint density at radius 2 is 2.25 bits per heavy atom. The average molecular weight is 315 g/mol. The van der Waals surface area contributed by atoms with Gasteiger partial charge in [0.05, 0.1) is 10.7 Å². The summed E-state index contributed by atoms with van der Waals surface area (Å²) < 4.78 is 0. The maximum atomic E-state index is 11.5. The molecule has 1 aliphatic heterocycles. The van der Waals surface area contributed by atoms with E-state index in [1.807, 2.05) is 13.1 Å². The second-order valence-corrected chi connectivity index (χ2v) is 6.23. The fourth-order valence-corrected chi connectivity index (χ4v) is 3.57. The molecule has 0 fully saturated rings. The third kappa shape index (κ3) is 2.75. The number of carbonyl (C=O) groups excluding carboxylic acids is 1. The molecular weight excluding hydrogens is 296 g/mol. The first-order chi connectivity index (χ1) is 9.49. The van der Waals surface area contributed by atoms with Gasteiger partial charge in [0.2, 0.25) is 0 Å². The van der Waals surface area contributed by atoms with E-state index in [0.29, 0.717) is 22.3 Å². The Bertz CT molecular complexity index is 524. The molecule has 0 aliphatic carbocycles. The zero-order valence-corrected chi connectivity index (χ0v) is 13.4. The van der Waals surface area contributed by atoms with E-state index in [4.69, 9.17) is 11.6 Å². The standard InChI is InChI=1S/C14H19ClN2O2S/c1-4-8(7-20-3)17(2)12-6-11-9(5-10(12)15)13(18)14(19)16-11/h5-6,8,13,18H,4,7H2,1-3H3,(H,16,19). The van der Waals surface area contributed by atoms with E-state index in [-0.39, 0.29) is 0 Å². The smallest absolute Gasteiger partial charge is 0.257 e. The van der Waals surface area contributed by atoms with E-state index in [1.54, 1.807) is 17.8 Å². The number of aliphatic hydroxyl groups is 1. The molecule has 0 bridgehead atoms. The molecule has 0 saturated carbocycles. The first kappa shape index (κ1) is 15.5. The van der Waals surface area contributed by atoms with Gasteiger partial charge in [-0.2, -0.15) is 11.8 Å². The lowest BCUT2D eigenvalue weighted by Crippen LogP contribution is -2.33. The topological polar surface area (TPSA) is 52.6 Å². The van der Waals surface area contributed by atoms with Crippen LogP contribution in [0.15, 0.2) is 12.1 Å². The number of fused-ring (bicyclic) bond motifs is 1. The fourth-order valence-electron chi connectivity index (χ4n) is 2.42. The van der Waals surface area contributed by atoms with Gasteiger partial charge in [-0.25, -0.2) is 0 Å². The first-order valence-corrected chi connectivity index (χ1v) is 8.30. The Morgan fingerprint density at radius 1 is 1.55 bits per heavy atom. The number of nitrogens with zero attached hydrogens (tertiary/aromatic N) is 1. The van der Waals surface area contributed by atoms with Crippen molar-refractivity contribution in [3.63, 3.8) is 0 Å². The van der Waals surface area contributed by atoms with Crippen LogP contribution in [0.1, 0.15) is 25.0 Å². The molecule has 20 heavy (non-hydrogen) atoms. The number of nitrogens with one attached hydrogen (secondary N) is 1. The van der Waals surface area contributed by atoms with E-state index < -0.39 is 12.0 Å². The molecule has 1 aliphatic rings. The summed E-state index contributed by atoms with van der Waals surface area (Å²) in [6, 6.07) is 3.90. The Kier molecular flexibility index (Phi) is 4.83. The Labute approximate surface area is 128 Å². The highest BCUT2D eigenvalue weighted by Crippen LogP contribution is 2.39. The number of amides is 1. The van der Waals surface area contributed by atoms with Crippen molar-refractivity contribution >= 4 is 40.6 Å². The summed E-state index contributed by atoms with van der Waals surface area (Å²) in [6.45, 7) is 2.14. The molecule has 110 valence electrons. The molecule has 1 amide bonds. The molecule has 1 aromatic rings. The van der Waals surface area contributed by atoms with Crippen LogP contribution in [0.4, 0.5) is 11.4 Å². The van der Waals surface area contributed by atoms with Crippen molar-refractivity contribution in [1.82, 2.24) is 0 Å². The van der Waals surface area contributed by atoms with Crippen LogP contribution < -0.4 is 10.2 Å². The van der Waals surface area contributed by atoms with Gasteiger partial charge in [0.15, 0.2) is 6.10 Å². The van der Waals surface area contributed by atoms with Crippen molar-refractivity contribution in [2.75, 3.05) is 29.3 Å². The largest absolute Gasteiger partial charge is 0.378 e. The number of benzene rings is 1. The Hall–Kier alpha value is -0.910. The van der Waals surface area contributed by atoms with Crippen LogP contribution in [0.3, 0.4) is 0 Å². The van der Waals surface area contributed by atoms with Gasteiger partial charge < -0.3 is 15.3 Å². The van der Waals surface area contributed by atoms with Crippen LogP contribution in [0.5, 0.6) is 0 Å². The van der Waals surface area contributed by atoms with Gasteiger partial charge in [-0.05, 0) is 24.8 Å². The number of anilines is 2. The van der Waals surface area contributed by atoms with Gasteiger partial charge in [-0.1, -0.05) is 18.5 Å². The van der Waals surface area contributed by atoms with Crippen molar-refractivity contribution < 1.29 is 9.90 Å². The van der Waals surface area contributed by atoms with Gasteiger partial charge in [-0.15, -0.1) is 0 Å². The summed E-state index contributed by atoms with van der Waals surface area (Å²) in [6.07, 6.45) is 1.98. The normalized spacial score (nSPS) is 18.6. The highest BCUT2D eigenvalue weighted by molar-refractivity contribution is 7.98. The van der Waals surface area contributed by atoms with Crippen molar-refractivity contribution in [1.29, 1.82) is 0 Å². The van der Waals surface area contributed by atoms with Gasteiger partial charge in [-0.3, -0.25) is 4.79 Å². The number of hydrogen-bond acceptors (Lipinski definition) is 4. The van der Waals surface area contributed by atoms with Crippen molar-refractivity contribution in [3.8, 4) is 0 Å². The monoisotopic (exact) mass is 314 g/mol. The molecule has 0 aromatic heterocycles. The number of thioether (sulfide) groups is 1. The molecule has 1 heterocycles. The highest BCUT2D eigenvalue weighted by atomic mass is 35.5. The molecule has 2 unspecified atom stereocenters. The fraction of sp³-hybridized carbons (Fsp3) is 0.500. The van der Waals surface area contributed by atoms with Crippen LogP contribution in [-0.4, -0.2) is 36.1 Å². The minimum atomic E-state index is -1.12. The molecular formula is C14H19ClN2O2S. The van der Waals surface area contributed by atoms with Crippen LogP contribution in [0.25, 0.3) is 0 Å². The van der Waals surface area contributed by atoms with Gasteiger partial charge in [0, 0.05) is 30.1 Å². The van der Waals surface area contributed by atoms with Gasteiger partial charge in [0.1, 0.15) is 0 Å². The Balaban J connectivity index is 2.34. The highest BCUT2D eigenvalue weighted by Gasteiger charge is 2.30. The van der Waals surface area contributed by atoms with Gasteiger partial charge in [0.25, 0.3) is 5.91 Å². The summed E-state index contributed by atoms with van der Waals surface area (Å²) in [5.41, 5.74) is 2.07. The quantitative estimate of drug-likeness (QED) is 0.877. The summed E-state index contributed by atoms with van der Waals surface area (Å²) in [4.78, 5) is 13.6. The molecule has 2 N–H and O–H groups in total. The second-order valence-electron chi connectivity index (χ2n) is 4.91. The summed E-state index contributed by atoms with van der Waals surface area (Å²) >= 11 is 8.11. The maximum absolute atomic E-state index is 11.5. The zero-order valence-electron chi connectivity index (χ0n) is 11.8. The van der Waals surface area contributed by atoms with Crippen molar-refractivity contribution in [2.45, 2.75) is 25.5 Å². The Morgan fingerprint density at radius 3 is 2.85 bits per heavy atom. The third-order valence-electron chi connectivity index (χ3n) is 3.68. The van der Waals surface area contributed by atoms with Crippen LogP contribution in [0, 0.1) is 0 Å². The summed E-state index contributed by atoms with van der Waals surface area (Å²) in [5, 5.41) is 13.0. The molecule has 6 heteroatoms. The molecule has 2 rings (SSSR count). The van der Waals surface area contributed by atoms with Gasteiger partial charge >= 0.3 is 0 Å². The lowest BCUT2D eigenvalue weighted by atomic mass is 10.1. The van der Waals surface area contributed by atoms with E-state index in [1.165, 1.54) is 0 Å². The predicted molar refractivity (Wildman–Crippen MR) is 85.9 cm³/mol. The first-order valence-electron chi connectivity index (χ1n) is 6.53.